The zero-order chi connectivity index (χ0) is 49.8. The largest absolute Gasteiger partial charge is 0.195 e. The van der Waals surface area contributed by atoms with Crippen LogP contribution in [0.1, 0.15) is 22.8 Å². The maximum atomic E-state index is 4.63. The Bertz CT molecular complexity index is 3150. The van der Waals surface area contributed by atoms with Gasteiger partial charge in [-0.25, -0.2) is 9.97 Å². The molecule has 0 radical (unpaired) electrons. The molecule has 0 atom stereocenters. The number of H-pyrrole nitrogens is 2. The van der Waals surface area contributed by atoms with Gasteiger partial charge in [-0.2, -0.15) is 21.9 Å². The van der Waals surface area contributed by atoms with Crippen LogP contribution in [0, 0.1) is 0 Å². The van der Waals surface area contributed by atoms with Crippen molar-refractivity contribution in [3.63, 3.8) is 0 Å². The van der Waals surface area contributed by atoms with Gasteiger partial charge in [-0.05, 0) is 72.8 Å². The molecular weight excluding hydrogens is 939 g/mol. The van der Waals surface area contributed by atoms with Crippen molar-refractivity contribution < 1.29 is 12.8 Å². The van der Waals surface area contributed by atoms with Gasteiger partial charge in [-0.1, -0.05) is 121 Å². The van der Waals surface area contributed by atoms with Crippen molar-refractivity contribution in [1.82, 2.24) is 19.9 Å². The van der Waals surface area contributed by atoms with E-state index in [0.29, 0.717) is 0 Å². The van der Waals surface area contributed by atoms with Crippen molar-refractivity contribution >= 4 is 92.2 Å². The second-order valence-electron chi connectivity index (χ2n) is 18.2. The number of aromatic nitrogens is 4. The predicted octanol–water partition coefficient (Wildman–Crippen LogP) is 11.2. The van der Waals surface area contributed by atoms with E-state index in [9.17, 15) is 0 Å². The van der Waals surface area contributed by atoms with Crippen molar-refractivity contribution in [1.29, 1.82) is 0 Å². The molecule has 6 heteroatoms. The summed E-state index contributed by atoms with van der Waals surface area (Å²) in [4.78, 5) is 16.0. The molecule has 8 aromatic carbocycles. The minimum atomic E-state index is -2.32. The molecule has 11 aromatic rings. The van der Waals surface area contributed by atoms with Gasteiger partial charge in [0.25, 0.3) is 0 Å². The number of hydrogen-bond donors (Lipinski definition) is 2. The smallest absolute Gasteiger partial charge is 0.108 e. The number of rotatable bonds is 8. The molecule has 2 N–H and O–H groups in total. The minimum Gasteiger partial charge on any atom is -0.195 e. The van der Waals surface area contributed by atoms with E-state index >= 15 is 0 Å². The quantitative estimate of drug-likeness (QED) is 0.149. The number of benzene rings is 8. The molecule has 74 heavy (non-hydrogen) atoms. The van der Waals surface area contributed by atoms with Crippen LogP contribution in [0.2, 0.25) is 0 Å². The average molecular weight is 993 g/mol. The summed E-state index contributed by atoms with van der Waals surface area (Å²) in [5, 5.41) is 0. The van der Waals surface area contributed by atoms with Crippen LogP contribution in [-0.2, 0) is 12.8 Å². The number of nitrogens with zero attached hydrogens (tertiary/aromatic N) is 2. The van der Waals surface area contributed by atoms with Crippen molar-refractivity contribution in [2.45, 2.75) is 0 Å². The normalized spacial score (nSPS) is 11.9. The Hall–Kier alpha value is -9.06. The number of nitrogens with one attached hydrogen (secondary N) is 2. The molecule has 2 aliphatic rings. The third-order valence-electron chi connectivity index (χ3n) is 13.5. The standard InChI is InChI=1S/C24H20B.C20H14N4.4C6H5.Mn/c1-5-13-21(14-6-1)25(22-15-7-2-8-16-22,23-17-9-3-10-18-23)24-19-11-4-12-20-24;1-2-14-10-16-5-6-18(23-16)12-20-8-7-19(24-20)11-17-4-3-15(22-17)9-13(1)21-14;4*1-2-4-6-5-3-1;/h1-20H;1-12,21,24H;4*1-5H;/q-1;;;;;;. The molecule has 5 heterocycles. The van der Waals surface area contributed by atoms with E-state index in [0.717, 1.165) is 44.8 Å². The molecule has 0 unspecified atom stereocenters. The molecule has 2 aliphatic heterocycles. The Morgan fingerprint density at radius 1 is 0.243 bits per heavy atom. The van der Waals surface area contributed by atoms with Crippen molar-refractivity contribution in [3.8, 4) is 0 Å². The number of aromatic amines is 2. The van der Waals surface area contributed by atoms with Gasteiger partial charge in [-0.15, -0.1) is 0 Å². The van der Waals surface area contributed by atoms with Crippen LogP contribution in [0.15, 0.2) is 291 Å². The maximum absolute atomic E-state index is 4.63. The van der Waals surface area contributed by atoms with Gasteiger partial charge in [0.15, 0.2) is 0 Å². The molecule has 0 spiro atoms. The summed E-state index contributed by atoms with van der Waals surface area (Å²) in [7, 11) is 0. The van der Waals surface area contributed by atoms with Gasteiger partial charge in [0, 0.05) is 22.1 Å². The molecule has 3 aromatic heterocycles. The van der Waals surface area contributed by atoms with E-state index in [1.807, 2.05) is 48.6 Å². The van der Waals surface area contributed by atoms with E-state index in [1.54, 1.807) is 0 Å². The fourth-order valence-electron chi connectivity index (χ4n) is 10.2. The summed E-state index contributed by atoms with van der Waals surface area (Å²) in [6, 6.07) is 104. The second-order valence-corrected chi connectivity index (χ2v) is 22.7. The first-order valence-corrected chi connectivity index (χ1v) is 27.4. The Balaban J connectivity index is 0.000000119. The Labute approximate surface area is 436 Å². The molecule has 4 nitrogen and oxygen atoms in total. The van der Waals surface area contributed by atoms with Crippen LogP contribution in [0.4, 0.5) is 0 Å². The zero-order valence-electron chi connectivity index (χ0n) is 40.9. The first-order chi connectivity index (χ1) is 36.6. The predicted molar refractivity (Wildman–Crippen MR) is 313 cm³/mol. The molecule has 0 aliphatic carbocycles. The van der Waals surface area contributed by atoms with E-state index in [2.05, 4.69) is 287 Å². The van der Waals surface area contributed by atoms with Crippen LogP contribution < -0.4 is 39.7 Å². The summed E-state index contributed by atoms with van der Waals surface area (Å²) in [5.41, 5.74) is 13.2. The third-order valence-corrected chi connectivity index (χ3v) is 19.1. The molecule has 0 saturated carbocycles. The molecule has 0 saturated heterocycles. The van der Waals surface area contributed by atoms with Crippen molar-refractivity contribution in [2.75, 3.05) is 0 Å². The molecule has 0 fully saturated rings. The fraction of sp³-hybridized carbons (Fsp3) is 0. The van der Waals surface area contributed by atoms with Gasteiger partial charge in [-0.3, -0.25) is 0 Å². The average Bonchev–Trinajstić information content (AvgIpc) is 4.33. The SMILES string of the molecule is C1=Cc2cc3ccc(cc4nc(cc5ccc(cc1n2)[nH]5)C=C4)[nH]3.c1cc[c]([Mn]([c]2ccccc2)([c]2ccccc2)[c]2ccccc2)cc1.c1ccc([B-](c2ccccc2)(c2ccccc2)c2ccccc2)cc1. The van der Waals surface area contributed by atoms with Crippen molar-refractivity contribution in [3.05, 3.63) is 314 Å². The van der Waals surface area contributed by atoms with E-state index in [1.165, 1.54) is 39.7 Å². The summed E-state index contributed by atoms with van der Waals surface area (Å²) in [5.74, 6) is 0. The zero-order valence-corrected chi connectivity index (χ0v) is 42.1. The van der Waals surface area contributed by atoms with Crippen LogP contribution in [0.25, 0.3) is 46.4 Å². The van der Waals surface area contributed by atoms with Gasteiger partial charge in [0.05, 0.1) is 22.8 Å². The van der Waals surface area contributed by atoms with Crippen LogP contribution >= 0.6 is 0 Å². The monoisotopic (exact) mass is 992 g/mol. The fourth-order valence-corrected chi connectivity index (χ4v) is 15.9. The first-order valence-electron chi connectivity index (χ1n) is 25.0. The van der Waals surface area contributed by atoms with Gasteiger partial charge in [0.1, 0.15) is 6.15 Å². The molecule has 13 rings (SSSR count). The van der Waals surface area contributed by atoms with E-state index < -0.39 is 19.0 Å². The summed E-state index contributed by atoms with van der Waals surface area (Å²) >= 11 is -2.32. The van der Waals surface area contributed by atoms with E-state index in [-0.39, 0.29) is 0 Å². The van der Waals surface area contributed by atoms with Gasteiger partial charge in [0.2, 0.25) is 0 Å². The maximum Gasteiger partial charge on any atom is 0.108 e. The molecule has 8 bridgehead atoms. The number of hydrogen-bond acceptors (Lipinski definition) is 2. The topological polar surface area (TPSA) is 57.4 Å². The van der Waals surface area contributed by atoms with Crippen molar-refractivity contribution in [2.24, 2.45) is 0 Å². The molecule has 357 valence electrons. The van der Waals surface area contributed by atoms with Crippen LogP contribution in [0.5, 0.6) is 0 Å². The Morgan fingerprint density at radius 3 is 0.662 bits per heavy atom. The number of fused-ring (bicyclic) bond motifs is 8. The van der Waals surface area contributed by atoms with Gasteiger partial charge < -0.3 is 9.97 Å². The summed E-state index contributed by atoms with van der Waals surface area (Å²) < 4.78 is 5.67. The summed E-state index contributed by atoms with van der Waals surface area (Å²) in [6.45, 7) is 0. The first kappa shape index (κ1) is 47.3. The van der Waals surface area contributed by atoms with Gasteiger partial charge >= 0.3 is 152 Å². The molecular formula is C68H54BMnN4-. The molecule has 0 amide bonds. The third kappa shape index (κ3) is 10.1. The van der Waals surface area contributed by atoms with Crippen LogP contribution in [0.3, 0.4) is 0 Å². The summed E-state index contributed by atoms with van der Waals surface area (Å²) in [6.07, 6.45) is 6.87. The Morgan fingerprint density at radius 2 is 0.446 bits per heavy atom. The Kier molecular flexibility index (Phi) is 14.2. The van der Waals surface area contributed by atoms with E-state index in [4.69, 9.17) is 0 Å². The van der Waals surface area contributed by atoms with Crippen LogP contribution in [-0.4, -0.2) is 26.1 Å². The minimum absolute atomic E-state index is 0.939. The second kappa shape index (κ2) is 22.2.